The van der Waals surface area contributed by atoms with Gasteiger partial charge in [0.05, 0.1) is 20.7 Å². The number of carbonyl (C=O) groups is 1. The molecule has 1 N–H and O–H groups in total. The van der Waals surface area contributed by atoms with Crippen LogP contribution < -0.4 is 5.32 Å². The molecule has 4 nitrogen and oxygen atoms in total. The molecular weight excluding hydrogens is 422 g/mol. The number of thiophene rings is 1. The predicted octanol–water partition coefficient (Wildman–Crippen LogP) is 4.74. The molecule has 0 bridgehead atoms. The van der Waals surface area contributed by atoms with Crippen LogP contribution in [0.3, 0.4) is 0 Å². The van der Waals surface area contributed by atoms with Gasteiger partial charge in [-0.15, -0.1) is 11.3 Å². The molecule has 0 aliphatic rings. The minimum atomic E-state index is -0.471. The van der Waals surface area contributed by atoms with Gasteiger partial charge in [-0.05, 0) is 63.0 Å². The van der Waals surface area contributed by atoms with Crippen LogP contribution in [0.1, 0.15) is 41.3 Å². The lowest BCUT2D eigenvalue weighted by atomic mass is 10.1. The topological polar surface area (TPSA) is 51.5 Å². The van der Waals surface area contributed by atoms with E-state index in [1.807, 2.05) is 6.07 Å². The second-order valence-corrected chi connectivity index (χ2v) is 8.11. The van der Waals surface area contributed by atoms with Crippen LogP contribution in [-0.2, 0) is 4.74 Å². The number of halogens is 2. The fourth-order valence-electron chi connectivity index (χ4n) is 1.92. The summed E-state index contributed by atoms with van der Waals surface area (Å²) in [7, 11) is 1.34. The first-order chi connectivity index (χ1) is 10.1. The fraction of sp³-hybridized carbons (Fsp3) is 0.357. The highest BCUT2D eigenvalue weighted by Crippen LogP contribution is 2.38. The van der Waals surface area contributed by atoms with E-state index in [1.165, 1.54) is 7.11 Å². The van der Waals surface area contributed by atoms with Crippen molar-refractivity contribution >= 4 is 49.2 Å². The maximum Gasteiger partial charge on any atom is 0.373 e. The van der Waals surface area contributed by atoms with Crippen molar-refractivity contribution in [2.45, 2.75) is 19.4 Å². The minimum Gasteiger partial charge on any atom is -0.463 e. The monoisotopic (exact) mass is 435 g/mol. The maximum atomic E-state index is 11.5. The smallest absolute Gasteiger partial charge is 0.373 e. The van der Waals surface area contributed by atoms with Crippen LogP contribution in [0.5, 0.6) is 0 Å². The number of nitrogens with one attached hydrogen (secondary N) is 1. The van der Waals surface area contributed by atoms with Crippen molar-refractivity contribution in [3.8, 4) is 0 Å². The van der Waals surface area contributed by atoms with Gasteiger partial charge in [0.2, 0.25) is 5.76 Å². The molecule has 0 fully saturated rings. The predicted molar refractivity (Wildman–Crippen MR) is 89.9 cm³/mol. The SMILES string of the molecule is CCCNC(c1ccc(C(=O)OC)o1)c1cc(Br)sc1Br. The highest BCUT2D eigenvalue weighted by atomic mass is 79.9. The van der Waals surface area contributed by atoms with E-state index in [-0.39, 0.29) is 11.8 Å². The van der Waals surface area contributed by atoms with Gasteiger partial charge < -0.3 is 14.5 Å². The first kappa shape index (κ1) is 16.7. The molecule has 0 radical (unpaired) electrons. The largest absolute Gasteiger partial charge is 0.463 e. The Hall–Kier alpha value is -0.630. The Balaban J connectivity index is 2.33. The third-order valence-corrected chi connectivity index (χ3v) is 5.28. The standard InChI is InChI=1S/C14H15Br2NO3S/c1-3-6-17-12(8-7-11(15)21-13(8)16)9-4-5-10(20-9)14(18)19-2/h4-5,7,12,17H,3,6H2,1-2H3. The average Bonchev–Trinajstić information content (AvgIpc) is 3.06. The molecule has 21 heavy (non-hydrogen) atoms. The average molecular weight is 437 g/mol. The van der Waals surface area contributed by atoms with Crippen LogP contribution >= 0.6 is 43.2 Å². The number of hydrogen-bond acceptors (Lipinski definition) is 5. The lowest BCUT2D eigenvalue weighted by molar-refractivity contribution is 0.0562. The van der Waals surface area contributed by atoms with Crippen molar-refractivity contribution in [3.63, 3.8) is 0 Å². The molecule has 0 aliphatic heterocycles. The van der Waals surface area contributed by atoms with Gasteiger partial charge in [0.25, 0.3) is 0 Å². The summed E-state index contributed by atoms with van der Waals surface area (Å²) >= 11 is 8.66. The van der Waals surface area contributed by atoms with Crippen molar-refractivity contribution in [1.82, 2.24) is 5.32 Å². The molecule has 114 valence electrons. The van der Waals surface area contributed by atoms with Crippen LogP contribution in [0.25, 0.3) is 0 Å². The Bertz CT molecular complexity index is 624. The number of carbonyl (C=O) groups excluding carboxylic acids is 1. The van der Waals surface area contributed by atoms with Crippen molar-refractivity contribution < 1.29 is 13.9 Å². The fourth-order valence-corrected chi connectivity index (χ4v) is 4.82. The lowest BCUT2D eigenvalue weighted by Crippen LogP contribution is -2.22. The van der Waals surface area contributed by atoms with Gasteiger partial charge in [0.1, 0.15) is 5.76 Å². The zero-order chi connectivity index (χ0) is 15.4. The van der Waals surface area contributed by atoms with E-state index in [2.05, 4.69) is 48.8 Å². The normalized spacial score (nSPS) is 12.4. The minimum absolute atomic E-state index is 0.111. The van der Waals surface area contributed by atoms with Gasteiger partial charge in [-0.25, -0.2) is 4.79 Å². The molecule has 0 aromatic carbocycles. The van der Waals surface area contributed by atoms with Gasteiger partial charge in [0, 0.05) is 5.56 Å². The van der Waals surface area contributed by atoms with Gasteiger partial charge >= 0.3 is 5.97 Å². The Morgan fingerprint density at radius 1 is 1.48 bits per heavy atom. The molecule has 0 spiro atoms. The molecule has 0 amide bonds. The second-order valence-electron chi connectivity index (χ2n) is 4.36. The number of esters is 1. The molecule has 2 heterocycles. The van der Waals surface area contributed by atoms with Crippen LogP contribution in [0.4, 0.5) is 0 Å². The van der Waals surface area contributed by atoms with Crippen molar-refractivity contribution in [2.75, 3.05) is 13.7 Å². The van der Waals surface area contributed by atoms with Gasteiger partial charge in [-0.3, -0.25) is 0 Å². The quantitative estimate of drug-likeness (QED) is 0.664. The lowest BCUT2D eigenvalue weighted by Gasteiger charge is -2.16. The summed E-state index contributed by atoms with van der Waals surface area (Å²) in [4.78, 5) is 11.5. The third kappa shape index (κ3) is 3.97. The molecule has 2 aromatic heterocycles. The van der Waals surface area contributed by atoms with E-state index >= 15 is 0 Å². The number of ether oxygens (including phenoxy) is 1. The van der Waals surface area contributed by atoms with Gasteiger partial charge in [-0.1, -0.05) is 6.92 Å². The van der Waals surface area contributed by atoms with Crippen LogP contribution in [0.15, 0.2) is 30.2 Å². The summed E-state index contributed by atoms with van der Waals surface area (Å²) < 4.78 is 12.4. The Morgan fingerprint density at radius 3 is 2.81 bits per heavy atom. The summed E-state index contributed by atoms with van der Waals surface area (Å²) in [5, 5.41) is 3.44. The van der Waals surface area contributed by atoms with Gasteiger partial charge in [-0.2, -0.15) is 0 Å². The number of rotatable bonds is 6. The maximum absolute atomic E-state index is 11.5. The van der Waals surface area contributed by atoms with Crippen molar-refractivity contribution in [1.29, 1.82) is 0 Å². The summed E-state index contributed by atoms with van der Waals surface area (Å²) in [6.07, 6.45) is 1.00. The highest BCUT2D eigenvalue weighted by Gasteiger charge is 2.23. The van der Waals surface area contributed by atoms with Gasteiger partial charge in [0.15, 0.2) is 0 Å². The van der Waals surface area contributed by atoms with Crippen molar-refractivity contribution in [2.24, 2.45) is 0 Å². The molecule has 0 saturated heterocycles. The molecule has 1 atom stereocenters. The molecule has 2 rings (SSSR count). The first-order valence-corrected chi connectivity index (χ1v) is 8.83. The van der Waals surface area contributed by atoms with Crippen LogP contribution in [0, 0.1) is 0 Å². The number of furan rings is 1. The molecule has 1 unspecified atom stereocenters. The summed E-state index contributed by atoms with van der Waals surface area (Å²) in [6.45, 7) is 2.95. The Labute approximate surface area is 144 Å². The third-order valence-electron chi connectivity index (χ3n) is 2.89. The van der Waals surface area contributed by atoms with Crippen molar-refractivity contribution in [3.05, 3.63) is 42.9 Å². The Morgan fingerprint density at radius 2 is 2.24 bits per heavy atom. The molecule has 0 aliphatic carbocycles. The van der Waals surface area contributed by atoms with E-state index < -0.39 is 5.97 Å². The number of hydrogen-bond donors (Lipinski definition) is 1. The van der Waals surface area contributed by atoms with E-state index in [4.69, 9.17) is 4.42 Å². The van der Waals surface area contributed by atoms with E-state index in [0.717, 1.165) is 26.1 Å². The molecule has 2 aromatic rings. The van der Waals surface area contributed by atoms with E-state index in [9.17, 15) is 4.79 Å². The summed E-state index contributed by atoms with van der Waals surface area (Å²) in [6, 6.07) is 5.37. The summed E-state index contributed by atoms with van der Waals surface area (Å²) in [5.41, 5.74) is 1.08. The molecular formula is C14H15Br2NO3S. The highest BCUT2D eigenvalue weighted by molar-refractivity contribution is 9.12. The number of methoxy groups -OCH3 is 1. The van der Waals surface area contributed by atoms with E-state index in [0.29, 0.717) is 5.76 Å². The van der Waals surface area contributed by atoms with Crippen LogP contribution in [0.2, 0.25) is 0 Å². The molecule has 0 saturated carbocycles. The molecule has 7 heteroatoms. The Kier molecular flexibility index (Phi) is 6.04. The van der Waals surface area contributed by atoms with E-state index in [1.54, 1.807) is 23.5 Å². The first-order valence-electron chi connectivity index (χ1n) is 6.43. The summed E-state index contributed by atoms with van der Waals surface area (Å²) in [5.74, 6) is 0.428. The second kappa shape index (κ2) is 7.58. The van der Waals surface area contributed by atoms with Crippen LogP contribution in [-0.4, -0.2) is 19.6 Å². The zero-order valence-electron chi connectivity index (χ0n) is 11.6. The zero-order valence-corrected chi connectivity index (χ0v) is 15.6.